The van der Waals surface area contributed by atoms with Gasteiger partial charge in [0.2, 0.25) is 10.0 Å². The van der Waals surface area contributed by atoms with E-state index < -0.39 is 16.0 Å². The molecule has 6 heteroatoms. The molecule has 1 saturated heterocycles. The molecule has 0 saturated carbocycles. The van der Waals surface area contributed by atoms with Gasteiger partial charge in [0, 0.05) is 19.5 Å². The lowest BCUT2D eigenvalue weighted by Crippen LogP contribution is -2.41. The lowest BCUT2D eigenvalue weighted by molar-refractivity contribution is -0.138. The first-order valence-electron chi connectivity index (χ1n) is 5.65. The summed E-state index contributed by atoms with van der Waals surface area (Å²) in [6, 6.07) is 0. The Bertz CT molecular complexity index is 339. The molecule has 1 N–H and O–H groups in total. The van der Waals surface area contributed by atoms with Gasteiger partial charge < -0.3 is 5.11 Å². The van der Waals surface area contributed by atoms with Crippen LogP contribution in [0.25, 0.3) is 0 Å². The van der Waals surface area contributed by atoms with Gasteiger partial charge in [0.15, 0.2) is 0 Å². The van der Waals surface area contributed by atoms with Gasteiger partial charge in [0.05, 0.1) is 5.75 Å². The number of aliphatic carboxylic acids is 1. The largest absolute Gasteiger partial charge is 0.481 e. The Morgan fingerprint density at radius 3 is 2.75 bits per heavy atom. The summed E-state index contributed by atoms with van der Waals surface area (Å²) in [5.74, 6) is -0.718. The van der Waals surface area contributed by atoms with Gasteiger partial charge in [-0.2, -0.15) is 0 Å². The van der Waals surface area contributed by atoms with Crippen molar-refractivity contribution in [3.63, 3.8) is 0 Å². The molecule has 94 valence electrons. The smallest absolute Gasteiger partial charge is 0.303 e. The normalized spacial score (nSPS) is 23.2. The predicted molar refractivity (Wildman–Crippen MR) is 60.6 cm³/mol. The van der Waals surface area contributed by atoms with Gasteiger partial charge in [-0.05, 0) is 25.2 Å². The molecule has 0 spiro atoms. The minimum atomic E-state index is -3.16. The quantitative estimate of drug-likeness (QED) is 0.786. The van der Waals surface area contributed by atoms with E-state index in [2.05, 4.69) is 0 Å². The van der Waals surface area contributed by atoms with Gasteiger partial charge in [-0.1, -0.05) is 6.92 Å². The monoisotopic (exact) mass is 249 g/mol. The first-order valence-corrected chi connectivity index (χ1v) is 7.26. The van der Waals surface area contributed by atoms with Crippen LogP contribution in [0.5, 0.6) is 0 Å². The number of carboxylic acid groups (broad SMARTS) is 1. The van der Waals surface area contributed by atoms with E-state index in [-0.39, 0.29) is 18.1 Å². The third kappa shape index (κ3) is 3.75. The molecule has 1 fully saturated rings. The number of piperidine rings is 1. The Morgan fingerprint density at radius 1 is 1.50 bits per heavy atom. The number of carbonyl (C=O) groups is 1. The van der Waals surface area contributed by atoms with Crippen molar-refractivity contribution in [3.8, 4) is 0 Å². The van der Waals surface area contributed by atoms with Crippen molar-refractivity contribution in [3.05, 3.63) is 0 Å². The fourth-order valence-electron chi connectivity index (χ4n) is 2.08. The number of carboxylic acids is 1. The minimum absolute atomic E-state index is 0.0297. The third-order valence-corrected chi connectivity index (χ3v) is 4.84. The maximum Gasteiger partial charge on any atom is 0.303 e. The van der Waals surface area contributed by atoms with Crippen LogP contribution < -0.4 is 0 Å². The summed E-state index contributed by atoms with van der Waals surface area (Å²) in [5.41, 5.74) is 0. The summed E-state index contributed by atoms with van der Waals surface area (Å²) in [6.07, 6.45) is 2.24. The van der Waals surface area contributed by atoms with E-state index in [0.717, 1.165) is 12.8 Å². The molecule has 1 unspecified atom stereocenters. The maximum absolute atomic E-state index is 11.8. The van der Waals surface area contributed by atoms with Crippen LogP contribution in [-0.4, -0.2) is 42.6 Å². The number of hydrogen-bond acceptors (Lipinski definition) is 3. The van der Waals surface area contributed by atoms with Crippen molar-refractivity contribution < 1.29 is 18.3 Å². The minimum Gasteiger partial charge on any atom is -0.481 e. The zero-order valence-corrected chi connectivity index (χ0v) is 10.4. The molecule has 0 aromatic heterocycles. The van der Waals surface area contributed by atoms with E-state index in [0.29, 0.717) is 19.5 Å². The van der Waals surface area contributed by atoms with Gasteiger partial charge >= 0.3 is 5.97 Å². The molecule has 16 heavy (non-hydrogen) atoms. The van der Waals surface area contributed by atoms with Crippen LogP contribution >= 0.6 is 0 Å². The average molecular weight is 249 g/mol. The zero-order valence-electron chi connectivity index (χ0n) is 9.55. The van der Waals surface area contributed by atoms with E-state index in [1.165, 1.54) is 4.31 Å². The third-order valence-electron chi connectivity index (χ3n) is 2.80. The Kier molecular flexibility index (Phi) is 4.73. The molecule has 0 aliphatic carbocycles. The average Bonchev–Trinajstić information content (AvgIpc) is 2.17. The van der Waals surface area contributed by atoms with Crippen molar-refractivity contribution in [2.75, 3.05) is 18.8 Å². The number of rotatable bonds is 5. The summed E-state index contributed by atoms with van der Waals surface area (Å²) in [7, 11) is -3.16. The van der Waals surface area contributed by atoms with E-state index >= 15 is 0 Å². The van der Waals surface area contributed by atoms with Gasteiger partial charge in [-0.15, -0.1) is 0 Å². The highest BCUT2D eigenvalue weighted by atomic mass is 32.2. The topological polar surface area (TPSA) is 74.7 Å². The van der Waals surface area contributed by atoms with Crippen LogP contribution in [0.4, 0.5) is 0 Å². The second kappa shape index (κ2) is 5.63. The van der Waals surface area contributed by atoms with Crippen molar-refractivity contribution >= 4 is 16.0 Å². The highest BCUT2D eigenvalue weighted by molar-refractivity contribution is 7.89. The number of hydrogen-bond donors (Lipinski definition) is 1. The lowest BCUT2D eigenvalue weighted by atomic mass is 9.96. The molecule has 0 radical (unpaired) electrons. The van der Waals surface area contributed by atoms with Crippen molar-refractivity contribution in [2.24, 2.45) is 5.92 Å². The van der Waals surface area contributed by atoms with E-state index in [1.807, 2.05) is 6.92 Å². The molecule has 1 heterocycles. The molecule has 0 bridgehead atoms. The Morgan fingerprint density at radius 2 is 2.19 bits per heavy atom. The van der Waals surface area contributed by atoms with Crippen LogP contribution in [0.15, 0.2) is 0 Å². The predicted octanol–water partition coefficient (Wildman–Crippen LogP) is 0.913. The Labute approximate surface area is 96.5 Å². The standard InChI is InChI=1S/C10H19NO4S/c1-2-6-16(14,15)11-5-3-4-9(8-11)7-10(12)13/h9H,2-8H2,1H3,(H,12,13). The molecule has 1 rings (SSSR count). The maximum atomic E-state index is 11.8. The van der Waals surface area contributed by atoms with Crippen LogP contribution in [0, 0.1) is 5.92 Å². The fourth-order valence-corrected chi connectivity index (χ4v) is 3.70. The van der Waals surface area contributed by atoms with Crippen molar-refractivity contribution in [1.29, 1.82) is 0 Å². The lowest BCUT2D eigenvalue weighted by Gasteiger charge is -2.31. The van der Waals surface area contributed by atoms with Crippen LogP contribution in [0.2, 0.25) is 0 Å². The summed E-state index contributed by atoms with van der Waals surface area (Å²) < 4.78 is 25.0. The first-order chi connectivity index (χ1) is 7.45. The summed E-state index contributed by atoms with van der Waals surface area (Å²) >= 11 is 0. The first kappa shape index (κ1) is 13.4. The number of nitrogens with zero attached hydrogens (tertiary/aromatic N) is 1. The van der Waals surface area contributed by atoms with Crippen LogP contribution in [0.3, 0.4) is 0 Å². The molecule has 1 atom stereocenters. The Hall–Kier alpha value is -0.620. The van der Waals surface area contributed by atoms with E-state index in [9.17, 15) is 13.2 Å². The number of sulfonamides is 1. The van der Waals surface area contributed by atoms with Crippen molar-refractivity contribution in [1.82, 2.24) is 4.31 Å². The van der Waals surface area contributed by atoms with Crippen molar-refractivity contribution in [2.45, 2.75) is 32.6 Å². The molecular weight excluding hydrogens is 230 g/mol. The SMILES string of the molecule is CCCS(=O)(=O)N1CCCC(CC(=O)O)C1. The van der Waals surface area contributed by atoms with Crippen LogP contribution in [-0.2, 0) is 14.8 Å². The highest BCUT2D eigenvalue weighted by Gasteiger charge is 2.29. The zero-order chi connectivity index (χ0) is 12.2. The van der Waals surface area contributed by atoms with E-state index in [4.69, 9.17) is 5.11 Å². The summed E-state index contributed by atoms with van der Waals surface area (Å²) in [6.45, 7) is 2.74. The summed E-state index contributed by atoms with van der Waals surface area (Å²) in [5, 5.41) is 8.69. The molecule has 1 aliphatic heterocycles. The molecule has 0 aromatic carbocycles. The Balaban J connectivity index is 2.59. The molecular formula is C10H19NO4S. The molecule has 0 amide bonds. The van der Waals surface area contributed by atoms with Gasteiger partial charge in [0.1, 0.15) is 0 Å². The van der Waals surface area contributed by atoms with Crippen LogP contribution in [0.1, 0.15) is 32.6 Å². The molecule has 5 nitrogen and oxygen atoms in total. The van der Waals surface area contributed by atoms with E-state index in [1.54, 1.807) is 0 Å². The molecule has 1 aliphatic rings. The molecule has 0 aromatic rings. The highest BCUT2D eigenvalue weighted by Crippen LogP contribution is 2.22. The summed E-state index contributed by atoms with van der Waals surface area (Å²) in [4.78, 5) is 10.6. The fraction of sp³-hybridized carbons (Fsp3) is 0.900. The second-order valence-corrected chi connectivity index (χ2v) is 6.37. The van der Waals surface area contributed by atoms with Gasteiger partial charge in [-0.3, -0.25) is 4.79 Å². The van der Waals surface area contributed by atoms with Gasteiger partial charge in [0.25, 0.3) is 0 Å². The van der Waals surface area contributed by atoms with Gasteiger partial charge in [-0.25, -0.2) is 12.7 Å². The second-order valence-electron chi connectivity index (χ2n) is 4.28.